The molecule has 1 aromatic carbocycles. The summed E-state index contributed by atoms with van der Waals surface area (Å²) in [5.74, 6) is 0.00204. The van der Waals surface area contributed by atoms with Gasteiger partial charge in [0.05, 0.1) is 5.60 Å². The molecule has 0 spiro atoms. The molecule has 2 heteroatoms. The van der Waals surface area contributed by atoms with E-state index in [1.54, 1.807) is 6.07 Å². The molecule has 0 aromatic heterocycles. The van der Waals surface area contributed by atoms with E-state index in [1.807, 2.05) is 26.8 Å². The van der Waals surface area contributed by atoms with Crippen molar-refractivity contribution in [1.29, 1.82) is 0 Å². The average Bonchev–Trinajstić information content (AvgIpc) is 2.83. The Labute approximate surface area is 89.9 Å². The van der Waals surface area contributed by atoms with Crippen molar-refractivity contribution in [2.75, 3.05) is 0 Å². The van der Waals surface area contributed by atoms with Crippen LogP contribution in [0, 0.1) is 12.7 Å². The Bertz CT molecular complexity index is 392. The Hall–Kier alpha value is -0.890. The fourth-order valence-electron chi connectivity index (χ4n) is 2.02. The second kappa shape index (κ2) is 3.31. The summed E-state index contributed by atoms with van der Waals surface area (Å²) < 4.78 is 13.6. The lowest BCUT2D eigenvalue weighted by Gasteiger charge is -2.16. The number of benzene rings is 1. The molecule has 82 valence electrons. The average molecular weight is 208 g/mol. The summed E-state index contributed by atoms with van der Waals surface area (Å²) in [5, 5.41) is 10.1. The SMILES string of the molecule is Cc1cc(F)c(C(C)C)cc1C1(O)CC1. The van der Waals surface area contributed by atoms with Crippen LogP contribution in [0.2, 0.25) is 0 Å². The summed E-state index contributed by atoms with van der Waals surface area (Å²) >= 11 is 0. The highest BCUT2D eigenvalue weighted by Gasteiger charge is 2.43. The van der Waals surface area contributed by atoms with Crippen molar-refractivity contribution in [3.63, 3.8) is 0 Å². The molecule has 1 nitrogen and oxygen atoms in total. The first-order chi connectivity index (χ1) is 6.94. The number of rotatable bonds is 2. The number of halogens is 1. The smallest absolute Gasteiger partial charge is 0.126 e. The molecule has 1 aliphatic carbocycles. The van der Waals surface area contributed by atoms with Crippen LogP contribution in [0.3, 0.4) is 0 Å². The standard InChI is InChI=1S/C13H17FO/c1-8(2)10-7-11(13(15)4-5-13)9(3)6-12(10)14/h6-8,15H,4-5H2,1-3H3. The molecule has 1 aromatic rings. The van der Waals surface area contributed by atoms with Gasteiger partial charge in [0.25, 0.3) is 0 Å². The molecule has 1 fully saturated rings. The largest absolute Gasteiger partial charge is 0.385 e. The van der Waals surface area contributed by atoms with Gasteiger partial charge in [-0.05, 0) is 54.5 Å². The van der Waals surface area contributed by atoms with Gasteiger partial charge < -0.3 is 5.11 Å². The van der Waals surface area contributed by atoms with Gasteiger partial charge in [-0.25, -0.2) is 4.39 Å². The molecule has 0 saturated heterocycles. The van der Waals surface area contributed by atoms with Gasteiger partial charge in [0.2, 0.25) is 0 Å². The Morgan fingerprint density at radius 1 is 1.33 bits per heavy atom. The zero-order valence-electron chi connectivity index (χ0n) is 9.47. The van der Waals surface area contributed by atoms with E-state index < -0.39 is 5.60 Å². The maximum Gasteiger partial charge on any atom is 0.126 e. The maximum absolute atomic E-state index is 13.6. The molecule has 0 aliphatic heterocycles. The molecule has 1 N–H and O–H groups in total. The van der Waals surface area contributed by atoms with Gasteiger partial charge in [-0.1, -0.05) is 13.8 Å². The summed E-state index contributed by atoms with van der Waals surface area (Å²) in [4.78, 5) is 0. The monoisotopic (exact) mass is 208 g/mol. The molecule has 0 radical (unpaired) electrons. The van der Waals surface area contributed by atoms with E-state index >= 15 is 0 Å². The van der Waals surface area contributed by atoms with Crippen LogP contribution in [-0.2, 0) is 5.60 Å². The highest BCUT2D eigenvalue weighted by Crippen LogP contribution is 2.47. The minimum Gasteiger partial charge on any atom is -0.385 e. The lowest BCUT2D eigenvalue weighted by molar-refractivity contribution is 0.150. The van der Waals surface area contributed by atoms with E-state index in [4.69, 9.17) is 0 Å². The number of hydrogen-bond donors (Lipinski definition) is 1. The normalized spacial score (nSPS) is 18.3. The van der Waals surface area contributed by atoms with Crippen molar-refractivity contribution in [3.05, 3.63) is 34.6 Å². The molecule has 1 saturated carbocycles. The molecule has 2 rings (SSSR count). The van der Waals surface area contributed by atoms with Crippen molar-refractivity contribution >= 4 is 0 Å². The van der Waals surface area contributed by atoms with Crippen molar-refractivity contribution in [1.82, 2.24) is 0 Å². The highest BCUT2D eigenvalue weighted by atomic mass is 19.1. The predicted octanol–water partition coefficient (Wildman–Crippen LogP) is 3.24. The first-order valence-electron chi connectivity index (χ1n) is 5.47. The molecular weight excluding hydrogens is 191 g/mol. The molecule has 0 unspecified atom stereocenters. The Balaban J connectivity index is 2.51. The fourth-order valence-corrected chi connectivity index (χ4v) is 2.02. The number of aliphatic hydroxyl groups is 1. The van der Waals surface area contributed by atoms with Crippen LogP contribution in [0.25, 0.3) is 0 Å². The summed E-state index contributed by atoms with van der Waals surface area (Å²) in [6.07, 6.45) is 1.61. The van der Waals surface area contributed by atoms with Crippen molar-refractivity contribution in [2.45, 2.75) is 45.1 Å². The van der Waals surface area contributed by atoms with E-state index in [9.17, 15) is 9.50 Å². The van der Waals surface area contributed by atoms with Gasteiger partial charge in [-0.15, -0.1) is 0 Å². The minimum atomic E-state index is -0.665. The molecule has 0 amide bonds. The van der Waals surface area contributed by atoms with Crippen molar-refractivity contribution < 1.29 is 9.50 Å². The third-order valence-corrected chi connectivity index (χ3v) is 3.19. The van der Waals surface area contributed by atoms with E-state index in [-0.39, 0.29) is 11.7 Å². The third-order valence-electron chi connectivity index (χ3n) is 3.19. The molecule has 15 heavy (non-hydrogen) atoms. The van der Waals surface area contributed by atoms with Gasteiger partial charge >= 0.3 is 0 Å². The Morgan fingerprint density at radius 2 is 1.93 bits per heavy atom. The van der Waals surface area contributed by atoms with Gasteiger partial charge in [-0.2, -0.15) is 0 Å². The molecule has 0 bridgehead atoms. The van der Waals surface area contributed by atoms with Crippen LogP contribution in [0.5, 0.6) is 0 Å². The molecular formula is C13H17FO. The Morgan fingerprint density at radius 3 is 2.40 bits per heavy atom. The van der Waals surface area contributed by atoms with Crippen LogP contribution in [0.1, 0.15) is 49.3 Å². The first-order valence-corrected chi connectivity index (χ1v) is 5.47. The second-order valence-electron chi connectivity index (χ2n) is 4.87. The third kappa shape index (κ3) is 1.78. The van der Waals surface area contributed by atoms with Crippen LogP contribution >= 0.6 is 0 Å². The van der Waals surface area contributed by atoms with Crippen LogP contribution in [0.15, 0.2) is 12.1 Å². The Kier molecular flexibility index (Phi) is 2.34. The zero-order valence-corrected chi connectivity index (χ0v) is 9.47. The summed E-state index contributed by atoms with van der Waals surface area (Å²) in [6.45, 7) is 5.79. The maximum atomic E-state index is 13.6. The summed E-state index contributed by atoms with van der Waals surface area (Å²) in [6, 6.07) is 3.38. The molecule has 0 atom stereocenters. The minimum absolute atomic E-state index is 0.157. The van der Waals surface area contributed by atoms with E-state index in [0.29, 0.717) is 5.56 Å². The van der Waals surface area contributed by atoms with Gasteiger partial charge in [0, 0.05) is 0 Å². The lowest BCUT2D eigenvalue weighted by Crippen LogP contribution is -2.09. The van der Waals surface area contributed by atoms with Gasteiger partial charge in [-0.3, -0.25) is 0 Å². The predicted molar refractivity (Wildman–Crippen MR) is 58.4 cm³/mol. The number of hydrogen-bond acceptors (Lipinski definition) is 1. The summed E-state index contributed by atoms with van der Waals surface area (Å²) in [7, 11) is 0. The van der Waals surface area contributed by atoms with Gasteiger partial charge in [0.1, 0.15) is 5.82 Å². The topological polar surface area (TPSA) is 20.2 Å². The number of aryl methyl sites for hydroxylation is 1. The van der Waals surface area contributed by atoms with Crippen LogP contribution < -0.4 is 0 Å². The molecule has 1 aliphatic rings. The van der Waals surface area contributed by atoms with Gasteiger partial charge in [0.15, 0.2) is 0 Å². The lowest BCUT2D eigenvalue weighted by atomic mass is 9.93. The second-order valence-corrected chi connectivity index (χ2v) is 4.87. The van der Waals surface area contributed by atoms with Crippen LogP contribution in [0.4, 0.5) is 4.39 Å². The van der Waals surface area contributed by atoms with Crippen molar-refractivity contribution in [2.24, 2.45) is 0 Å². The first kappa shape index (κ1) is 10.6. The zero-order chi connectivity index (χ0) is 11.2. The summed E-state index contributed by atoms with van der Waals surface area (Å²) in [5.41, 5.74) is 1.81. The highest BCUT2D eigenvalue weighted by molar-refractivity contribution is 5.40. The van der Waals surface area contributed by atoms with E-state index in [1.165, 1.54) is 0 Å². The van der Waals surface area contributed by atoms with E-state index in [0.717, 1.165) is 24.0 Å². The van der Waals surface area contributed by atoms with Crippen LogP contribution in [-0.4, -0.2) is 5.11 Å². The fraction of sp³-hybridized carbons (Fsp3) is 0.538. The van der Waals surface area contributed by atoms with E-state index in [2.05, 4.69) is 0 Å². The quantitative estimate of drug-likeness (QED) is 0.791. The molecule has 0 heterocycles. The van der Waals surface area contributed by atoms with Crippen molar-refractivity contribution in [3.8, 4) is 0 Å².